The molecule has 2 rings (SSSR count). The van der Waals surface area contributed by atoms with Crippen molar-refractivity contribution in [3.05, 3.63) is 59.2 Å². The van der Waals surface area contributed by atoms with Gasteiger partial charge in [0.05, 0.1) is 26.4 Å². The molecular formula is C20H19F3O5. The Hall–Kier alpha value is -3.16. The van der Waals surface area contributed by atoms with Crippen molar-refractivity contribution < 1.29 is 37.3 Å². The Bertz CT molecular complexity index is 834. The van der Waals surface area contributed by atoms with Crippen molar-refractivity contribution in [3.63, 3.8) is 0 Å². The number of hydrogen-bond acceptors (Lipinski definition) is 5. The number of carbonyl (C=O) groups excluding carboxylic acids is 1. The number of rotatable bonds is 7. The topological polar surface area (TPSA) is 65.0 Å². The average Bonchev–Trinajstić information content (AvgIpc) is 2.66. The van der Waals surface area contributed by atoms with Crippen molar-refractivity contribution >= 4 is 12.0 Å². The molecule has 0 heterocycles. The Morgan fingerprint density at radius 3 is 2.32 bits per heavy atom. The lowest BCUT2D eigenvalue weighted by molar-refractivity contribution is -0.138. The summed E-state index contributed by atoms with van der Waals surface area (Å²) < 4.78 is 53.1. The number of benzene rings is 2. The van der Waals surface area contributed by atoms with E-state index >= 15 is 0 Å². The fourth-order valence-electron chi connectivity index (χ4n) is 2.40. The zero-order valence-corrected chi connectivity index (χ0v) is 15.2. The highest BCUT2D eigenvalue weighted by atomic mass is 19.4. The Labute approximate surface area is 160 Å². The van der Waals surface area contributed by atoms with Gasteiger partial charge in [-0.2, -0.15) is 13.2 Å². The molecule has 0 radical (unpaired) electrons. The molecule has 0 aliphatic carbocycles. The molecule has 28 heavy (non-hydrogen) atoms. The molecule has 5 nitrogen and oxygen atoms in total. The summed E-state index contributed by atoms with van der Waals surface area (Å²) in [5.74, 6) is -0.461. The number of ether oxygens (including phenoxy) is 3. The van der Waals surface area contributed by atoms with Crippen molar-refractivity contribution in [2.75, 3.05) is 20.8 Å². The molecule has 8 heteroatoms. The van der Waals surface area contributed by atoms with Crippen LogP contribution in [0.5, 0.6) is 17.2 Å². The summed E-state index contributed by atoms with van der Waals surface area (Å²) in [5.41, 5.74) is 0.201. The molecule has 0 unspecified atom stereocenters. The summed E-state index contributed by atoms with van der Waals surface area (Å²) in [4.78, 5) is 11.8. The number of methoxy groups -OCH3 is 2. The third-order valence-corrected chi connectivity index (χ3v) is 3.80. The third-order valence-electron chi connectivity index (χ3n) is 3.80. The average molecular weight is 396 g/mol. The highest BCUT2D eigenvalue weighted by Gasteiger charge is 2.30. The molecule has 0 saturated heterocycles. The zero-order valence-electron chi connectivity index (χ0n) is 15.2. The van der Waals surface area contributed by atoms with Crippen molar-refractivity contribution in [3.8, 4) is 17.2 Å². The molecular weight excluding hydrogens is 377 g/mol. The number of aromatic hydroxyl groups is 1. The van der Waals surface area contributed by atoms with Gasteiger partial charge in [0, 0.05) is 12.5 Å². The van der Waals surface area contributed by atoms with Crippen molar-refractivity contribution in [1.82, 2.24) is 0 Å². The normalized spacial score (nSPS) is 11.5. The minimum Gasteiger partial charge on any atom is -0.502 e. The van der Waals surface area contributed by atoms with E-state index in [-0.39, 0.29) is 30.3 Å². The minimum absolute atomic E-state index is 0.0628. The van der Waals surface area contributed by atoms with Gasteiger partial charge in [-0.3, -0.25) is 0 Å². The van der Waals surface area contributed by atoms with Gasteiger partial charge in [0.25, 0.3) is 0 Å². The van der Waals surface area contributed by atoms with E-state index in [9.17, 15) is 23.1 Å². The van der Waals surface area contributed by atoms with Crippen LogP contribution in [0.15, 0.2) is 42.5 Å². The largest absolute Gasteiger partial charge is 0.502 e. The number of alkyl halides is 3. The Balaban J connectivity index is 1.94. The molecule has 0 aliphatic rings. The fourth-order valence-corrected chi connectivity index (χ4v) is 2.40. The molecule has 150 valence electrons. The second kappa shape index (κ2) is 9.16. The predicted molar refractivity (Wildman–Crippen MR) is 96.4 cm³/mol. The van der Waals surface area contributed by atoms with Gasteiger partial charge in [-0.1, -0.05) is 18.2 Å². The number of phenols is 1. The van der Waals surface area contributed by atoms with Gasteiger partial charge in [-0.05, 0) is 35.4 Å². The predicted octanol–water partition coefficient (Wildman–Crippen LogP) is 4.23. The van der Waals surface area contributed by atoms with Crippen LogP contribution in [0.1, 0.15) is 16.7 Å². The Kier molecular flexibility index (Phi) is 6.92. The van der Waals surface area contributed by atoms with E-state index in [1.54, 1.807) is 0 Å². The smallest absolute Gasteiger partial charge is 0.416 e. The SMILES string of the molecule is COc1cc(/C=C/C(=O)OCCc2cccc(C(F)(F)F)c2)cc(OC)c1O. The van der Waals surface area contributed by atoms with Gasteiger partial charge in [0.15, 0.2) is 11.5 Å². The summed E-state index contributed by atoms with van der Waals surface area (Å²) >= 11 is 0. The molecule has 2 aromatic carbocycles. The van der Waals surface area contributed by atoms with Crippen LogP contribution >= 0.6 is 0 Å². The lowest BCUT2D eigenvalue weighted by atomic mass is 10.1. The van der Waals surface area contributed by atoms with Crippen molar-refractivity contribution in [1.29, 1.82) is 0 Å². The highest BCUT2D eigenvalue weighted by Crippen LogP contribution is 2.37. The van der Waals surface area contributed by atoms with Crippen LogP contribution in [0.4, 0.5) is 13.2 Å². The fraction of sp³-hybridized carbons (Fsp3) is 0.250. The van der Waals surface area contributed by atoms with E-state index in [2.05, 4.69) is 0 Å². The van der Waals surface area contributed by atoms with E-state index in [1.165, 1.54) is 44.6 Å². The van der Waals surface area contributed by atoms with E-state index in [0.717, 1.165) is 18.2 Å². The zero-order chi connectivity index (χ0) is 20.7. The van der Waals surface area contributed by atoms with Crippen LogP contribution in [-0.2, 0) is 22.1 Å². The quantitative estimate of drug-likeness (QED) is 0.561. The molecule has 0 saturated carbocycles. The van der Waals surface area contributed by atoms with E-state index in [1.807, 2.05) is 0 Å². The van der Waals surface area contributed by atoms with E-state index < -0.39 is 17.7 Å². The number of esters is 1. The van der Waals surface area contributed by atoms with E-state index in [0.29, 0.717) is 11.1 Å². The first-order chi connectivity index (χ1) is 13.2. The minimum atomic E-state index is -4.42. The van der Waals surface area contributed by atoms with Crippen molar-refractivity contribution in [2.45, 2.75) is 12.6 Å². The molecule has 0 amide bonds. The Morgan fingerprint density at radius 2 is 1.75 bits per heavy atom. The summed E-state index contributed by atoms with van der Waals surface area (Å²) in [6, 6.07) is 7.87. The first-order valence-corrected chi connectivity index (χ1v) is 8.20. The molecule has 0 bridgehead atoms. The molecule has 2 aromatic rings. The lowest BCUT2D eigenvalue weighted by Gasteiger charge is -2.09. The Morgan fingerprint density at radius 1 is 1.11 bits per heavy atom. The molecule has 0 fully saturated rings. The van der Waals surface area contributed by atoms with Gasteiger partial charge in [-0.25, -0.2) is 4.79 Å². The number of halogens is 3. The van der Waals surface area contributed by atoms with E-state index in [4.69, 9.17) is 14.2 Å². The highest BCUT2D eigenvalue weighted by molar-refractivity contribution is 5.87. The third kappa shape index (κ3) is 5.67. The van der Waals surface area contributed by atoms with Gasteiger partial charge in [0.1, 0.15) is 0 Å². The van der Waals surface area contributed by atoms with Gasteiger partial charge >= 0.3 is 12.1 Å². The molecule has 0 aromatic heterocycles. The number of hydrogen-bond donors (Lipinski definition) is 1. The monoisotopic (exact) mass is 396 g/mol. The summed E-state index contributed by atoms with van der Waals surface area (Å²) in [6.07, 6.45) is -1.65. The first kappa shape index (κ1) is 21.1. The second-order valence-electron chi connectivity index (χ2n) is 5.72. The number of phenolic OH excluding ortho intramolecular Hbond substituents is 1. The van der Waals surface area contributed by atoms with Gasteiger partial charge in [0.2, 0.25) is 5.75 Å². The molecule has 0 spiro atoms. The molecule has 1 N–H and O–H groups in total. The summed E-state index contributed by atoms with van der Waals surface area (Å²) in [7, 11) is 2.76. The van der Waals surface area contributed by atoms with Crippen LogP contribution in [0, 0.1) is 0 Å². The maximum Gasteiger partial charge on any atom is 0.416 e. The molecule has 0 aliphatic heterocycles. The van der Waals surface area contributed by atoms with Gasteiger partial charge < -0.3 is 19.3 Å². The first-order valence-electron chi connectivity index (χ1n) is 8.20. The van der Waals surface area contributed by atoms with Crippen molar-refractivity contribution in [2.24, 2.45) is 0 Å². The second-order valence-corrected chi connectivity index (χ2v) is 5.72. The lowest BCUT2D eigenvalue weighted by Crippen LogP contribution is -2.07. The summed E-state index contributed by atoms with van der Waals surface area (Å²) in [5, 5.41) is 9.85. The van der Waals surface area contributed by atoms with Crippen LogP contribution in [-0.4, -0.2) is 31.9 Å². The summed E-state index contributed by atoms with van der Waals surface area (Å²) in [6.45, 7) is -0.0628. The maximum absolute atomic E-state index is 12.7. The molecule has 0 atom stereocenters. The standard InChI is InChI=1S/C20H19F3O5/c1-26-16-11-14(12-17(27-2)19(16)25)6-7-18(24)28-9-8-13-4-3-5-15(10-13)20(21,22)23/h3-7,10-12,25H,8-9H2,1-2H3/b7-6+. The van der Waals surface area contributed by atoms with Crippen LogP contribution in [0.3, 0.4) is 0 Å². The maximum atomic E-state index is 12.7. The van der Waals surface area contributed by atoms with Gasteiger partial charge in [-0.15, -0.1) is 0 Å². The van der Waals surface area contributed by atoms with Crippen LogP contribution in [0.2, 0.25) is 0 Å². The van der Waals surface area contributed by atoms with Crippen LogP contribution in [0.25, 0.3) is 6.08 Å². The van der Waals surface area contributed by atoms with Crippen LogP contribution < -0.4 is 9.47 Å². The number of carbonyl (C=O) groups is 1.